The zero-order chi connectivity index (χ0) is 15.3. The summed E-state index contributed by atoms with van der Waals surface area (Å²) in [6.45, 7) is 8.52. The van der Waals surface area contributed by atoms with Crippen LogP contribution in [-0.2, 0) is 10.0 Å². The van der Waals surface area contributed by atoms with Gasteiger partial charge in [-0.3, -0.25) is 4.72 Å². The van der Waals surface area contributed by atoms with E-state index in [-0.39, 0.29) is 0 Å². The molecule has 0 aliphatic rings. The van der Waals surface area contributed by atoms with Gasteiger partial charge in [0.2, 0.25) is 10.0 Å². The summed E-state index contributed by atoms with van der Waals surface area (Å²) in [7, 11) is -3.22. The number of anilines is 2. The third-order valence-electron chi connectivity index (χ3n) is 3.11. The molecule has 5 heteroatoms. The van der Waals surface area contributed by atoms with Gasteiger partial charge >= 0.3 is 0 Å². The molecule has 4 nitrogen and oxygen atoms in total. The van der Waals surface area contributed by atoms with Gasteiger partial charge in [-0.2, -0.15) is 0 Å². The van der Waals surface area contributed by atoms with Crippen molar-refractivity contribution in [3.63, 3.8) is 0 Å². The van der Waals surface area contributed by atoms with Crippen molar-refractivity contribution in [3.05, 3.63) is 23.8 Å². The second-order valence-electron chi connectivity index (χ2n) is 5.92. The Labute approximate surface area is 123 Å². The molecule has 0 saturated carbocycles. The first-order chi connectivity index (χ1) is 9.17. The largest absolute Gasteiger partial charge is 0.383 e. The standard InChI is InChI=1S/C15H26N2O2S/c1-11(2)6-7-13(4)16-14-8-9-15(12(3)10-14)17-20(5,18)19/h8-11,13,16-17H,6-7H2,1-5H3. The molecule has 0 aromatic heterocycles. The van der Waals surface area contributed by atoms with Crippen LogP contribution in [0.1, 0.15) is 39.2 Å². The highest BCUT2D eigenvalue weighted by molar-refractivity contribution is 7.92. The van der Waals surface area contributed by atoms with Crippen molar-refractivity contribution in [1.82, 2.24) is 0 Å². The summed E-state index contributed by atoms with van der Waals surface area (Å²) < 4.78 is 25.0. The van der Waals surface area contributed by atoms with Gasteiger partial charge in [-0.1, -0.05) is 13.8 Å². The Hall–Kier alpha value is -1.23. The van der Waals surface area contributed by atoms with Crippen LogP contribution in [0.3, 0.4) is 0 Å². The normalized spacial score (nSPS) is 13.3. The molecule has 1 aromatic rings. The van der Waals surface area contributed by atoms with Crippen molar-refractivity contribution in [2.24, 2.45) is 5.92 Å². The zero-order valence-electron chi connectivity index (χ0n) is 13.0. The van der Waals surface area contributed by atoms with Crippen molar-refractivity contribution in [1.29, 1.82) is 0 Å². The Bertz CT molecular complexity index is 539. The molecule has 1 aromatic carbocycles. The maximum absolute atomic E-state index is 11.2. The van der Waals surface area contributed by atoms with Crippen molar-refractivity contribution >= 4 is 21.4 Å². The molecular formula is C15H26N2O2S. The molecule has 1 unspecified atom stereocenters. The minimum Gasteiger partial charge on any atom is -0.383 e. The summed E-state index contributed by atoms with van der Waals surface area (Å²) in [4.78, 5) is 0. The minimum absolute atomic E-state index is 0.408. The lowest BCUT2D eigenvalue weighted by atomic mass is 10.0. The van der Waals surface area contributed by atoms with Gasteiger partial charge in [0.05, 0.1) is 11.9 Å². The van der Waals surface area contributed by atoms with E-state index in [1.165, 1.54) is 6.42 Å². The van der Waals surface area contributed by atoms with E-state index in [1.54, 1.807) is 6.07 Å². The van der Waals surface area contributed by atoms with Gasteiger partial charge < -0.3 is 5.32 Å². The molecule has 0 radical (unpaired) electrons. The van der Waals surface area contributed by atoms with Crippen LogP contribution < -0.4 is 10.0 Å². The number of hydrogen-bond acceptors (Lipinski definition) is 3. The Kier molecular flexibility index (Phi) is 5.87. The number of nitrogens with one attached hydrogen (secondary N) is 2. The summed E-state index contributed by atoms with van der Waals surface area (Å²) in [5, 5.41) is 3.45. The Morgan fingerprint density at radius 3 is 2.30 bits per heavy atom. The monoisotopic (exact) mass is 298 g/mol. The molecule has 0 heterocycles. The van der Waals surface area contributed by atoms with Gasteiger partial charge in [0.1, 0.15) is 0 Å². The summed E-state index contributed by atoms with van der Waals surface area (Å²) in [5.41, 5.74) is 2.57. The average molecular weight is 298 g/mol. The van der Waals surface area contributed by atoms with E-state index in [1.807, 2.05) is 19.1 Å². The Morgan fingerprint density at radius 1 is 1.15 bits per heavy atom. The van der Waals surface area contributed by atoms with Crippen LogP contribution >= 0.6 is 0 Å². The lowest BCUT2D eigenvalue weighted by Crippen LogP contribution is -2.16. The molecule has 0 saturated heterocycles. The van der Waals surface area contributed by atoms with Crippen molar-refractivity contribution < 1.29 is 8.42 Å². The van der Waals surface area contributed by atoms with Crippen LogP contribution in [0.25, 0.3) is 0 Å². The molecule has 1 rings (SSSR count). The summed E-state index contributed by atoms with van der Waals surface area (Å²) >= 11 is 0. The van der Waals surface area contributed by atoms with Gasteiger partial charge in [-0.15, -0.1) is 0 Å². The van der Waals surface area contributed by atoms with E-state index in [2.05, 4.69) is 30.8 Å². The maximum Gasteiger partial charge on any atom is 0.229 e. The van der Waals surface area contributed by atoms with Gasteiger partial charge in [0.25, 0.3) is 0 Å². The highest BCUT2D eigenvalue weighted by atomic mass is 32.2. The SMILES string of the molecule is Cc1cc(NC(C)CCC(C)C)ccc1NS(C)(=O)=O. The van der Waals surface area contributed by atoms with Crippen LogP contribution in [0.15, 0.2) is 18.2 Å². The number of benzene rings is 1. The fourth-order valence-corrected chi connectivity index (χ4v) is 2.64. The van der Waals surface area contributed by atoms with E-state index in [9.17, 15) is 8.42 Å². The van der Waals surface area contributed by atoms with Crippen LogP contribution in [0.2, 0.25) is 0 Å². The first-order valence-corrected chi connectivity index (χ1v) is 8.91. The quantitative estimate of drug-likeness (QED) is 0.808. The van der Waals surface area contributed by atoms with Gasteiger partial charge in [0, 0.05) is 11.7 Å². The van der Waals surface area contributed by atoms with E-state index in [0.29, 0.717) is 17.6 Å². The smallest absolute Gasteiger partial charge is 0.229 e. The van der Waals surface area contributed by atoms with Gasteiger partial charge in [-0.25, -0.2) is 8.42 Å². The number of hydrogen-bond donors (Lipinski definition) is 2. The molecule has 2 N–H and O–H groups in total. The number of sulfonamides is 1. The zero-order valence-corrected chi connectivity index (χ0v) is 13.8. The second-order valence-corrected chi connectivity index (χ2v) is 7.67. The van der Waals surface area contributed by atoms with Crippen molar-refractivity contribution in [3.8, 4) is 0 Å². The van der Waals surface area contributed by atoms with Crippen LogP contribution in [-0.4, -0.2) is 20.7 Å². The Morgan fingerprint density at radius 2 is 1.80 bits per heavy atom. The highest BCUT2D eigenvalue weighted by Gasteiger charge is 2.07. The lowest BCUT2D eigenvalue weighted by Gasteiger charge is -2.17. The summed E-state index contributed by atoms with van der Waals surface area (Å²) in [6.07, 6.45) is 3.48. The molecule has 114 valence electrons. The fourth-order valence-electron chi connectivity index (χ4n) is 2.01. The number of aryl methyl sites for hydroxylation is 1. The molecule has 0 amide bonds. The van der Waals surface area contributed by atoms with Gasteiger partial charge in [-0.05, 0) is 56.4 Å². The van der Waals surface area contributed by atoms with Gasteiger partial charge in [0.15, 0.2) is 0 Å². The summed E-state index contributed by atoms with van der Waals surface area (Å²) in [5.74, 6) is 0.710. The van der Waals surface area contributed by atoms with Crippen LogP contribution in [0.4, 0.5) is 11.4 Å². The predicted molar refractivity (Wildman–Crippen MR) is 86.8 cm³/mol. The molecule has 0 aliphatic heterocycles. The van der Waals surface area contributed by atoms with Crippen molar-refractivity contribution in [2.45, 2.75) is 46.6 Å². The molecule has 0 bridgehead atoms. The number of rotatable bonds is 7. The molecule has 20 heavy (non-hydrogen) atoms. The molecule has 0 fully saturated rings. The fraction of sp³-hybridized carbons (Fsp3) is 0.600. The van der Waals surface area contributed by atoms with E-state index in [4.69, 9.17) is 0 Å². The van der Waals surface area contributed by atoms with Crippen LogP contribution in [0, 0.1) is 12.8 Å². The minimum atomic E-state index is -3.22. The topological polar surface area (TPSA) is 58.2 Å². The first kappa shape index (κ1) is 16.8. The van der Waals surface area contributed by atoms with E-state index < -0.39 is 10.0 Å². The summed E-state index contributed by atoms with van der Waals surface area (Å²) in [6, 6.07) is 6.09. The highest BCUT2D eigenvalue weighted by Crippen LogP contribution is 2.21. The molecule has 0 aliphatic carbocycles. The van der Waals surface area contributed by atoms with Crippen molar-refractivity contribution in [2.75, 3.05) is 16.3 Å². The maximum atomic E-state index is 11.2. The molecule has 0 spiro atoms. The average Bonchev–Trinajstić information content (AvgIpc) is 2.28. The Balaban J connectivity index is 2.68. The van der Waals surface area contributed by atoms with Crippen LogP contribution in [0.5, 0.6) is 0 Å². The third kappa shape index (κ3) is 6.28. The van der Waals surface area contributed by atoms with E-state index in [0.717, 1.165) is 23.9 Å². The lowest BCUT2D eigenvalue weighted by molar-refractivity contribution is 0.528. The molecular weight excluding hydrogens is 272 g/mol. The first-order valence-electron chi connectivity index (χ1n) is 7.02. The second kappa shape index (κ2) is 6.97. The third-order valence-corrected chi connectivity index (χ3v) is 3.70. The molecule has 1 atom stereocenters. The predicted octanol–water partition coefficient (Wildman–Crippen LogP) is 3.60. The van der Waals surface area contributed by atoms with E-state index >= 15 is 0 Å².